The van der Waals surface area contributed by atoms with Crippen LogP contribution in [0.15, 0.2) is 47.4 Å². The highest BCUT2D eigenvalue weighted by Crippen LogP contribution is 2.20. The molecule has 1 amide bonds. The molecular weight excluding hydrogens is 359 g/mol. The topological polar surface area (TPSA) is 75.7 Å². The molecule has 3 rings (SSSR count). The number of nitrogens with one attached hydrogen (secondary N) is 1. The molecule has 1 heterocycles. The summed E-state index contributed by atoms with van der Waals surface area (Å²) in [5.74, 6) is -0.932. The van der Waals surface area contributed by atoms with E-state index >= 15 is 0 Å². The number of benzene rings is 2. The average Bonchev–Trinajstić information content (AvgIpc) is 2.65. The van der Waals surface area contributed by atoms with Gasteiger partial charge in [-0.05, 0) is 42.8 Å². The van der Waals surface area contributed by atoms with E-state index in [1.54, 1.807) is 19.1 Å². The largest absolute Gasteiger partial charge is 0.379 e. The fourth-order valence-corrected chi connectivity index (χ4v) is 4.06. The van der Waals surface area contributed by atoms with Crippen molar-refractivity contribution >= 4 is 21.6 Å². The summed E-state index contributed by atoms with van der Waals surface area (Å²) in [5, 5.41) is 2.58. The SMILES string of the molecule is Cc1ccc(NC(=O)c2cccc(S(=O)(=O)N3CCOCC3)c2)cc1F. The minimum absolute atomic E-state index is 0.0436. The molecule has 1 fully saturated rings. The standard InChI is InChI=1S/C18H19FN2O4S/c1-13-5-6-15(12-17(13)19)20-18(22)14-3-2-4-16(11-14)26(23,24)21-7-9-25-10-8-21/h2-6,11-12H,7-10H2,1H3,(H,20,22). The van der Waals surface area contributed by atoms with E-state index in [-0.39, 0.29) is 23.5 Å². The Labute approximate surface area is 151 Å². The molecule has 0 aromatic heterocycles. The summed E-state index contributed by atoms with van der Waals surface area (Å²) in [6, 6.07) is 10.2. The van der Waals surface area contributed by atoms with Crippen LogP contribution in [0.5, 0.6) is 0 Å². The zero-order valence-corrected chi connectivity index (χ0v) is 15.1. The van der Waals surface area contributed by atoms with E-state index in [2.05, 4.69) is 5.32 Å². The minimum atomic E-state index is -3.69. The number of morpholine rings is 1. The van der Waals surface area contributed by atoms with Gasteiger partial charge in [-0.25, -0.2) is 12.8 Å². The van der Waals surface area contributed by atoms with Crippen LogP contribution in [-0.4, -0.2) is 44.9 Å². The average molecular weight is 378 g/mol. The lowest BCUT2D eigenvalue weighted by molar-refractivity contribution is 0.0730. The molecule has 0 atom stereocenters. The van der Waals surface area contributed by atoms with Crippen molar-refractivity contribution in [1.29, 1.82) is 0 Å². The number of sulfonamides is 1. The van der Waals surface area contributed by atoms with Crippen LogP contribution >= 0.6 is 0 Å². The smallest absolute Gasteiger partial charge is 0.255 e. The van der Waals surface area contributed by atoms with Crippen LogP contribution in [0.1, 0.15) is 15.9 Å². The van der Waals surface area contributed by atoms with Crippen LogP contribution in [0, 0.1) is 12.7 Å². The molecule has 0 aliphatic carbocycles. The first-order valence-corrected chi connectivity index (χ1v) is 9.57. The molecule has 1 N–H and O–H groups in total. The third kappa shape index (κ3) is 3.92. The second-order valence-corrected chi connectivity index (χ2v) is 7.90. The van der Waals surface area contributed by atoms with Crippen molar-refractivity contribution in [3.63, 3.8) is 0 Å². The molecule has 1 aliphatic rings. The van der Waals surface area contributed by atoms with Gasteiger partial charge in [-0.1, -0.05) is 12.1 Å². The summed E-state index contributed by atoms with van der Waals surface area (Å²) >= 11 is 0. The number of hydrogen-bond donors (Lipinski definition) is 1. The van der Waals surface area contributed by atoms with Gasteiger partial charge in [0.15, 0.2) is 0 Å². The molecule has 0 saturated carbocycles. The summed E-state index contributed by atoms with van der Waals surface area (Å²) in [6.45, 7) is 2.88. The Morgan fingerprint density at radius 3 is 2.58 bits per heavy atom. The van der Waals surface area contributed by atoms with Crippen LogP contribution in [0.4, 0.5) is 10.1 Å². The molecule has 0 radical (unpaired) electrons. The number of aryl methyl sites for hydroxylation is 1. The van der Waals surface area contributed by atoms with E-state index in [4.69, 9.17) is 4.74 Å². The molecule has 6 nitrogen and oxygen atoms in total. The number of nitrogens with zero attached hydrogens (tertiary/aromatic N) is 1. The predicted octanol–water partition coefficient (Wildman–Crippen LogP) is 2.41. The first-order valence-electron chi connectivity index (χ1n) is 8.13. The fourth-order valence-electron chi connectivity index (χ4n) is 2.61. The predicted molar refractivity (Wildman–Crippen MR) is 95.1 cm³/mol. The maximum atomic E-state index is 13.6. The highest BCUT2D eigenvalue weighted by molar-refractivity contribution is 7.89. The Morgan fingerprint density at radius 2 is 1.88 bits per heavy atom. The Morgan fingerprint density at radius 1 is 1.15 bits per heavy atom. The maximum Gasteiger partial charge on any atom is 0.255 e. The first-order chi connectivity index (χ1) is 12.4. The Balaban J connectivity index is 1.82. The molecule has 0 bridgehead atoms. The van der Waals surface area contributed by atoms with Gasteiger partial charge in [-0.2, -0.15) is 4.31 Å². The van der Waals surface area contributed by atoms with Crippen LogP contribution < -0.4 is 5.32 Å². The molecule has 0 spiro atoms. The van der Waals surface area contributed by atoms with Gasteiger partial charge in [-0.15, -0.1) is 0 Å². The van der Waals surface area contributed by atoms with Crippen LogP contribution in [-0.2, 0) is 14.8 Å². The van der Waals surface area contributed by atoms with Crippen molar-refractivity contribution in [3.8, 4) is 0 Å². The quantitative estimate of drug-likeness (QED) is 0.887. The van der Waals surface area contributed by atoms with E-state index in [0.29, 0.717) is 24.5 Å². The third-order valence-electron chi connectivity index (χ3n) is 4.13. The van der Waals surface area contributed by atoms with Gasteiger partial charge in [0.25, 0.3) is 5.91 Å². The lowest BCUT2D eigenvalue weighted by atomic mass is 10.2. The zero-order chi connectivity index (χ0) is 18.7. The second-order valence-electron chi connectivity index (χ2n) is 5.96. The van der Waals surface area contributed by atoms with Crippen molar-refractivity contribution in [2.45, 2.75) is 11.8 Å². The van der Waals surface area contributed by atoms with Gasteiger partial charge in [-0.3, -0.25) is 4.79 Å². The number of rotatable bonds is 4. The normalized spacial score (nSPS) is 15.6. The fraction of sp³-hybridized carbons (Fsp3) is 0.278. The number of hydrogen-bond acceptors (Lipinski definition) is 4. The van der Waals surface area contributed by atoms with E-state index in [9.17, 15) is 17.6 Å². The third-order valence-corrected chi connectivity index (χ3v) is 6.03. The zero-order valence-electron chi connectivity index (χ0n) is 14.2. The monoisotopic (exact) mass is 378 g/mol. The van der Waals surface area contributed by atoms with Crippen molar-refractivity contribution in [3.05, 3.63) is 59.4 Å². The number of carbonyl (C=O) groups excluding carboxylic acids is 1. The number of carbonyl (C=O) groups is 1. The molecule has 26 heavy (non-hydrogen) atoms. The second kappa shape index (κ2) is 7.53. The molecule has 2 aromatic carbocycles. The molecule has 8 heteroatoms. The lowest BCUT2D eigenvalue weighted by Gasteiger charge is -2.26. The highest BCUT2D eigenvalue weighted by atomic mass is 32.2. The van der Waals surface area contributed by atoms with Gasteiger partial charge in [0.05, 0.1) is 18.1 Å². The van der Waals surface area contributed by atoms with Crippen molar-refractivity contribution in [1.82, 2.24) is 4.31 Å². The van der Waals surface area contributed by atoms with Gasteiger partial charge < -0.3 is 10.1 Å². The van der Waals surface area contributed by atoms with E-state index in [0.717, 1.165) is 0 Å². The summed E-state index contributed by atoms with van der Waals surface area (Å²) in [4.78, 5) is 12.4. The molecule has 1 aliphatic heterocycles. The molecule has 138 valence electrons. The van der Waals surface area contributed by atoms with E-state index in [1.807, 2.05) is 0 Å². The van der Waals surface area contributed by atoms with Crippen LogP contribution in [0.3, 0.4) is 0 Å². The van der Waals surface area contributed by atoms with Gasteiger partial charge in [0.1, 0.15) is 5.82 Å². The number of amides is 1. The van der Waals surface area contributed by atoms with Gasteiger partial charge in [0.2, 0.25) is 10.0 Å². The Bertz CT molecular complexity index is 925. The first kappa shape index (κ1) is 18.5. The lowest BCUT2D eigenvalue weighted by Crippen LogP contribution is -2.40. The van der Waals surface area contributed by atoms with Crippen LogP contribution in [0.2, 0.25) is 0 Å². The minimum Gasteiger partial charge on any atom is -0.379 e. The Hall–Kier alpha value is -2.29. The summed E-state index contributed by atoms with van der Waals surface area (Å²) in [6.07, 6.45) is 0. The summed E-state index contributed by atoms with van der Waals surface area (Å²) in [7, 11) is -3.69. The van der Waals surface area contributed by atoms with Gasteiger partial charge >= 0.3 is 0 Å². The highest BCUT2D eigenvalue weighted by Gasteiger charge is 2.26. The summed E-state index contributed by atoms with van der Waals surface area (Å²) in [5.41, 5.74) is 0.960. The number of ether oxygens (including phenoxy) is 1. The van der Waals surface area contributed by atoms with E-state index in [1.165, 1.54) is 34.6 Å². The maximum absolute atomic E-state index is 13.6. The summed E-state index contributed by atoms with van der Waals surface area (Å²) < 4.78 is 45.5. The number of anilines is 1. The number of halogens is 1. The van der Waals surface area contributed by atoms with E-state index < -0.39 is 21.7 Å². The van der Waals surface area contributed by atoms with Crippen molar-refractivity contribution < 1.29 is 22.3 Å². The molecule has 2 aromatic rings. The van der Waals surface area contributed by atoms with Gasteiger partial charge in [0, 0.05) is 24.3 Å². The van der Waals surface area contributed by atoms with Crippen LogP contribution in [0.25, 0.3) is 0 Å². The molecule has 1 saturated heterocycles. The Kier molecular flexibility index (Phi) is 5.36. The van der Waals surface area contributed by atoms with Crippen molar-refractivity contribution in [2.24, 2.45) is 0 Å². The molecule has 0 unspecified atom stereocenters. The van der Waals surface area contributed by atoms with Crippen molar-refractivity contribution in [2.75, 3.05) is 31.6 Å². The molecular formula is C18H19FN2O4S.